The fourth-order valence-corrected chi connectivity index (χ4v) is 5.08. The molecule has 1 atom stereocenters. The molecule has 2 aliphatic rings. The predicted molar refractivity (Wildman–Crippen MR) is 127 cm³/mol. The van der Waals surface area contributed by atoms with E-state index in [-0.39, 0.29) is 24.4 Å². The molecule has 2 fully saturated rings. The van der Waals surface area contributed by atoms with Gasteiger partial charge in [0.05, 0.1) is 13.1 Å². The molecule has 2 aliphatic heterocycles. The highest BCUT2D eigenvalue weighted by Gasteiger charge is 2.55. The maximum atomic E-state index is 13.6. The van der Waals surface area contributed by atoms with Crippen LogP contribution in [0.25, 0.3) is 0 Å². The minimum Gasteiger partial charge on any atom is -0.465 e. The molecule has 0 radical (unpaired) electrons. The molecule has 174 valence electrons. The van der Waals surface area contributed by atoms with Crippen LogP contribution in [0.3, 0.4) is 0 Å². The fourth-order valence-electron chi connectivity index (χ4n) is 5.08. The molecule has 3 amide bonds. The molecular weight excluding hydrogens is 414 g/mol. The van der Waals surface area contributed by atoms with Crippen molar-refractivity contribution < 1.29 is 14.0 Å². The summed E-state index contributed by atoms with van der Waals surface area (Å²) >= 11 is 0. The Bertz CT molecular complexity index is 1030. The Balaban J connectivity index is 1.48. The summed E-state index contributed by atoms with van der Waals surface area (Å²) < 4.78 is 5.88. The minimum atomic E-state index is -0.867. The van der Waals surface area contributed by atoms with Crippen LogP contribution in [0.1, 0.15) is 50.2 Å². The summed E-state index contributed by atoms with van der Waals surface area (Å²) in [6.45, 7) is 6.48. The van der Waals surface area contributed by atoms with E-state index in [1.807, 2.05) is 24.3 Å². The van der Waals surface area contributed by atoms with E-state index in [9.17, 15) is 9.59 Å². The monoisotopic (exact) mass is 447 g/mol. The van der Waals surface area contributed by atoms with Gasteiger partial charge in [0, 0.05) is 6.42 Å². The van der Waals surface area contributed by atoms with E-state index in [0.29, 0.717) is 6.42 Å². The summed E-state index contributed by atoms with van der Waals surface area (Å²) in [7, 11) is 0. The number of furan rings is 1. The lowest BCUT2D eigenvalue weighted by atomic mass is 9.74. The van der Waals surface area contributed by atoms with Crippen molar-refractivity contribution in [1.82, 2.24) is 15.1 Å². The molecule has 0 spiro atoms. The van der Waals surface area contributed by atoms with Crippen LogP contribution in [0, 0.1) is 17.8 Å². The molecule has 1 N–H and O–H groups in total. The first-order chi connectivity index (χ1) is 16.1. The SMILES string of the molecule is CC#CCN1C(=O)N[C@](CCc2ccccc2)(C2CCN(Cc3ccc(CC)o3)CC2)C1=O. The van der Waals surface area contributed by atoms with E-state index < -0.39 is 5.54 Å². The molecule has 0 aliphatic carbocycles. The Morgan fingerprint density at radius 2 is 1.82 bits per heavy atom. The highest BCUT2D eigenvalue weighted by Crippen LogP contribution is 2.37. The number of rotatable bonds is 8. The Labute approximate surface area is 196 Å². The summed E-state index contributed by atoms with van der Waals surface area (Å²) in [5.74, 6) is 7.64. The largest absolute Gasteiger partial charge is 0.465 e. The zero-order valence-corrected chi connectivity index (χ0v) is 19.6. The Morgan fingerprint density at radius 3 is 2.48 bits per heavy atom. The quantitative estimate of drug-likeness (QED) is 0.491. The molecule has 4 rings (SSSR count). The van der Waals surface area contributed by atoms with Crippen molar-refractivity contribution in [1.29, 1.82) is 0 Å². The molecule has 2 saturated heterocycles. The maximum Gasteiger partial charge on any atom is 0.325 e. The number of hydrogen-bond acceptors (Lipinski definition) is 4. The number of likely N-dealkylation sites (tertiary alicyclic amines) is 1. The summed E-state index contributed by atoms with van der Waals surface area (Å²) in [5.41, 5.74) is 0.307. The van der Waals surface area contributed by atoms with Crippen LogP contribution in [-0.4, -0.2) is 46.9 Å². The third kappa shape index (κ3) is 4.99. The van der Waals surface area contributed by atoms with Gasteiger partial charge in [0.1, 0.15) is 17.1 Å². The average Bonchev–Trinajstić information content (AvgIpc) is 3.39. The van der Waals surface area contributed by atoms with Gasteiger partial charge in [-0.3, -0.25) is 14.6 Å². The van der Waals surface area contributed by atoms with Crippen molar-refractivity contribution >= 4 is 11.9 Å². The van der Waals surface area contributed by atoms with Gasteiger partial charge in [-0.05, 0) is 69.3 Å². The van der Waals surface area contributed by atoms with Gasteiger partial charge in [0.15, 0.2) is 0 Å². The van der Waals surface area contributed by atoms with Crippen LogP contribution in [-0.2, 0) is 24.2 Å². The number of hydrogen-bond donors (Lipinski definition) is 1. The highest BCUT2D eigenvalue weighted by atomic mass is 16.3. The normalized spacial score (nSPS) is 21.7. The van der Waals surface area contributed by atoms with E-state index in [0.717, 1.165) is 56.8 Å². The Kier molecular flexibility index (Phi) is 7.20. The number of amides is 3. The van der Waals surface area contributed by atoms with Gasteiger partial charge in [0.2, 0.25) is 0 Å². The number of benzene rings is 1. The number of carbonyl (C=O) groups excluding carboxylic acids is 2. The molecule has 0 bridgehead atoms. The molecule has 2 aromatic rings. The second kappa shape index (κ2) is 10.3. The van der Waals surface area contributed by atoms with Crippen molar-refractivity contribution in [2.75, 3.05) is 19.6 Å². The van der Waals surface area contributed by atoms with Crippen molar-refractivity contribution in [2.45, 2.75) is 58.0 Å². The van der Waals surface area contributed by atoms with Crippen LogP contribution in [0.2, 0.25) is 0 Å². The topological polar surface area (TPSA) is 65.8 Å². The number of aryl methyl sites for hydroxylation is 2. The van der Waals surface area contributed by atoms with Crippen molar-refractivity contribution in [3.8, 4) is 11.8 Å². The lowest BCUT2D eigenvalue weighted by molar-refractivity contribution is -0.134. The van der Waals surface area contributed by atoms with Gasteiger partial charge < -0.3 is 9.73 Å². The van der Waals surface area contributed by atoms with Gasteiger partial charge >= 0.3 is 6.03 Å². The number of carbonyl (C=O) groups is 2. The number of imide groups is 1. The lowest BCUT2D eigenvalue weighted by Crippen LogP contribution is -2.56. The Hall–Kier alpha value is -3.04. The first kappa shape index (κ1) is 23.1. The van der Waals surface area contributed by atoms with Crippen molar-refractivity contribution in [3.63, 3.8) is 0 Å². The third-order valence-corrected chi connectivity index (χ3v) is 7.00. The van der Waals surface area contributed by atoms with E-state index in [1.165, 1.54) is 10.5 Å². The number of piperidine rings is 1. The van der Waals surface area contributed by atoms with Gasteiger partial charge in [-0.25, -0.2) is 4.79 Å². The molecule has 3 heterocycles. The molecule has 6 nitrogen and oxygen atoms in total. The van der Waals surface area contributed by atoms with Gasteiger partial charge in [-0.15, -0.1) is 5.92 Å². The molecule has 0 unspecified atom stereocenters. The molecular formula is C27H33N3O3. The van der Waals surface area contributed by atoms with Crippen molar-refractivity contribution in [2.24, 2.45) is 5.92 Å². The van der Waals surface area contributed by atoms with E-state index >= 15 is 0 Å². The first-order valence-electron chi connectivity index (χ1n) is 11.9. The average molecular weight is 448 g/mol. The molecule has 1 aromatic carbocycles. The summed E-state index contributed by atoms with van der Waals surface area (Å²) in [6, 6.07) is 13.9. The number of urea groups is 1. The molecule has 1 aromatic heterocycles. The van der Waals surface area contributed by atoms with Crippen molar-refractivity contribution in [3.05, 3.63) is 59.5 Å². The second-order valence-corrected chi connectivity index (χ2v) is 8.98. The minimum absolute atomic E-state index is 0.0938. The maximum absolute atomic E-state index is 13.6. The van der Waals surface area contributed by atoms with Gasteiger partial charge in [0.25, 0.3) is 5.91 Å². The van der Waals surface area contributed by atoms with Crippen LogP contribution in [0.15, 0.2) is 46.9 Å². The second-order valence-electron chi connectivity index (χ2n) is 8.98. The first-order valence-corrected chi connectivity index (χ1v) is 11.9. The van der Waals surface area contributed by atoms with E-state index in [4.69, 9.17) is 4.42 Å². The Morgan fingerprint density at radius 1 is 1.09 bits per heavy atom. The standard InChI is InChI=1S/C27H33N3O3/c1-3-5-17-30-25(31)27(28-26(30)32,16-13-21-9-7-6-8-10-21)22-14-18-29(19-15-22)20-24-12-11-23(4-2)33-24/h6-12,22H,4,13-20H2,1-2H3,(H,28,32)/t27-/m1/s1. The smallest absolute Gasteiger partial charge is 0.325 e. The van der Waals surface area contributed by atoms with E-state index in [1.54, 1.807) is 6.92 Å². The molecule has 33 heavy (non-hydrogen) atoms. The highest BCUT2D eigenvalue weighted by molar-refractivity contribution is 6.07. The zero-order valence-electron chi connectivity index (χ0n) is 19.6. The predicted octanol–water partition coefficient (Wildman–Crippen LogP) is 4.00. The summed E-state index contributed by atoms with van der Waals surface area (Å²) in [4.78, 5) is 30.1. The van der Waals surface area contributed by atoms with Crippen LogP contribution >= 0.6 is 0 Å². The molecule has 6 heteroatoms. The zero-order chi connectivity index (χ0) is 23.3. The summed E-state index contributed by atoms with van der Waals surface area (Å²) in [5, 5.41) is 3.12. The van der Waals surface area contributed by atoms with Crippen LogP contribution in [0.5, 0.6) is 0 Å². The summed E-state index contributed by atoms with van der Waals surface area (Å²) in [6.07, 6.45) is 3.95. The van der Waals surface area contributed by atoms with E-state index in [2.05, 4.69) is 47.2 Å². The van der Waals surface area contributed by atoms with Gasteiger partial charge in [-0.1, -0.05) is 43.2 Å². The van der Waals surface area contributed by atoms with Gasteiger partial charge in [-0.2, -0.15) is 0 Å². The van der Waals surface area contributed by atoms with Crippen LogP contribution < -0.4 is 5.32 Å². The fraction of sp³-hybridized carbons (Fsp3) is 0.481. The number of nitrogens with one attached hydrogen (secondary N) is 1. The lowest BCUT2D eigenvalue weighted by Gasteiger charge is -2.40. The van der Waals surface area contributed by atoms with Crippen LogP contribution in [0.4, 0.5) is 4.79 Å². The third-order valence-electron chi connectivity index (χ3n) is 7.00. The number of nitrogens with zero attached hydrogens (tertiary/aromatic N) is 2. The molecule has 0 saturated carbocycles.